The number of aliphatic hydroxyl groups is 2. The summed E-state index contributed by atoms with van der Waals surface area (Å²) in [4.78, 5) is 0. The third-order valence-electron chi connectivity index (χ3n) is 11.9. The molecule has 3 saturated carbocycles. The summed E-state index contributed by atoms with van der Waals surface area (Å²) in [5.41, 5.74) is 1.88. The molecule has 0 amide bonds. The lowest BCUT2D eigenvalue weighted by atomic mass is 9.46. The van der Waals surface area contributed by atoms with Crippen LogP contribution in [0.1, 0.15) is 105 Å². The number of hydrogen-bond acceptors (Lipinski definition) is 3. The van der Waals surface area contributed by atoms with Crippen LogP contribution in [0.5, 0.6) is 0 Å². The van der Waals surface area contributed by atoms with Crippen LogP contribution in [0.2, 0.25) is 0 Å². The molecule has 9 atom stereocenters. The van der Waals surface area contributed by atoms with Crippen LogP contribution < -0.4 is 0 Å². The highest BCUT2D eigenvalue weighted by molar-refractivity contribution is 5.26. The minimum absolute atomic E-state index is 0.137. The van der Waals surface area contributed by atoms with Crippen molar-refractivity contribution in [3.63, 3.8) is 0 Å². The maximum Gasteiger partial charge on any atom is 0.0657 e. The normalized spacial score (nSPS) is 47.8. The fourth-order valence-electron chi connectivity index (χ4n) is 9.75. The molecule has 0 aromatic heterocycles. The molecule has 0 aromatic rings. The number of fused-ring (bicyclic) bond motifs is 5. The van der Waals surface area contributed by atoms with Crippen LogP contribution >= 0.6 is 0 Å². The predicted molar refractivity (Wildman–Crippen MR) is 134 cm³/mol. The van der Waals surface area contributed by atoms with Crippen molar-refractivity contribution >= 4 is 0 Å². The van der Waals surface area contributed by atoms with Gasteiger partial charge in [-0.15, -0.1) is 0 Å². The Labute approximate surface area is 202 Å². The lowest BCUT2D eigenvalue weighted by molar-refractivity contribution is -0.0713. The van der Waals surface area contributed by atoms with Crippen LogP contribution in [0, 0.1) is 46.3 Å². The molecule has 4 aliphatic carbocycles. The first-order chi connectivity index (χ1) is 15.6. The summed E-state index contributed by atoms with van der Waals surface area (Å²) in [5, 5.41) is 21.5. The zero-order valence-electron chi connectivity index (χ0n) is 21.8. The van der Waals surface area contributed by atoms with E-state index in [9.17, 15) is 10.2 Å². The van der Waals surface area contributed by atoms with Crippen molar-refractivity contribution in [2.75, 3.05) is 13.2 Å². The maximum absolute atomic E-state index is 10.8. The monoisotopic (exact) mass is 458 g/mol. The first kappa shape index (κ1) is 24.3. The Morgan fingerprint density at radius 1 is 0.970 bits per heavy atom. The van der Waals surface area contributed by atoms with Gasteiger partial charge in [0.05, 0.1) is 11.7 Å². The van der Waals surface area contributed by atoms with Crippen LogP contribution in [0.15, 0.2) is 11.6 Å². The van der Waals surface area contributed by atoms with Crippen molar-refractivity contribution in [2.45, 2.75) is 116 Å². The van der Waals surface area contributed by atoms with E-state index in [0.717, 1.165) is 69.0 Å². The summed E-state index contributed by atoms with van der Waals surface area (Å²) in [6.45, 7) is 11.4. The zero-order valence-corrected chi connectivity index (χ0v) is 21.8. The molecule has 188 valence electrons. The molecule has 3 nitrogen and oxygen atoms in total. The van der Waals surface area contributed by atoms with Gasteiger partial charge in [-0.05, 0) is 130 Å². The maximum atomic E-state index is 10.8. The quantitative estimate of drug-likeness (QED) is 0.461. The van der Waals surface area contributed by atoms with Gasteiger partial charge in [0.15, 0.2) is 0 Å². The zero-order chi connectivity index (χ0) is 23.4. The lowest BCUT2D eigenvalue weighted by Gasteiger charge is -2.59. The van der Waals surface area contributed by atoms with Gasteiger partial charge in [0.25, 0.3) is 0 Å². The lowest BCUT2D eigenvalue weighted by Crippen LogP contribution is -2.52. The molecule has 0 radical (unpaired) electrons. The molecular weight excluding hydrogens is 408 g/mol. The summed E-state index contributed by atoms with van der Waals surface area (Å²) in [6.07, 6.45) is 16.5. The van der Waals surface area contributed by atoms with E-state index in [2.05, 4.69) is 26.8 Å². The van der Waals surface area contributed by atoms with Gasteiger partial charge >= 0.3 is 0 Å². The Balaban J connectivity index is 1.25. The van der Waals surface area contributed by atoms with Crippen molar-refractivity contribution in [1.29, 1.82) is 0 Å². The van der Waals surface area contributed by atoms with Gasteiger partial charge in [-0.3, -0.25) is 0 Å². The molecule has 0 aromatic carbocycles. The average molecular weight is 459 g/mol. The van der Waals surface area contributed by atoms with E-state index in [0.29, 0.717) is 22.7 Å². The molecule has 1 heterocycles. The largest absolute Gasteiger partial charge is 0.393 e. The third-order valence-corrected chi connectivity index (χ3v) is 11.9. The molecule has 33 heavy (non-hydrogen) atoms. The van der Waals surface area contributed by atoms with Gasteiger partial charge in [-0.25, -0.2) is 0 Å². The Morgan fingerprint density at radius 3 is 2.48 bits per heavy atom. The van der Waals surface area contributed by atoms with Gasteiger partial charge in [0, 0.05) is 13.2 Å². The molecule has 2 N–H and O–H groups in total. The molecule has 5 aliphatic rings. The second-order valence-electron chi connectivity index (χ2n) is 13.7. The van der Waals surface area contributed by atoms with Crippen molar-refractivity contribution < 1.29 is 14.9 Å². The summed E-state index contributed by atoms with van der Waals surface area (Å²) in [7, 11) is 0. The minimum Gasteiger partial charge on any atom is -0.393 e. The standard InChI is InChI=1S/C30H50O3/c1-20(5-10-27(31)21-12-17-33-18-13-21)24-8-9-25-23-7-6-22-19-28(2,32)15-16-29(22,3)26(23)11-14-30(24,25)4/h6,20-21,23-27,31-32H,5,7-19H2,1-4H3/t20-,23+,24-,25+,26+,27+,28+,29+,30-/m1/s1. The van der Waals surface area contributed by atoms with Crippen molar-refractivity contribution in [3.8, 4) is 0 Å². The van der Waals surface area contributed by atoms with E-state index in [1.54, 1.807) is 5.57 Å². The number of ether oxygens (including phenoxy) is 1. The molecule has 0 bridgehead atoms. The van der Waals surface area contributed by atoms with E-state index in [1.807, 2.05) is 6.92 Å². The van der Waals surface area contributed by atoms with Crippen molar-refractivity contribution in [1.82, 2.24) is 0 Å². The minimum atomic E-state index is -0.496. The molecular formula is C30H50O3. The van der Waals surface area contributed by atoms with Crippen LogP contribution in [-0.4, -0.2) is 35.1 Å². The SMILES string of the molecule is C[C@H](CC[C@H](O)C1CCOCC1)[C@H]1CC[C@H]2[C@@H]3CC=C4C[C@@](C)(O)CC[C@]4(C)[C@H]3CC[C@]12C. The second-order valence-corrected chi connectivity index (χ2v) is 13.7. The van der Waals surface area contributed by atoms with E-state index >= 15 is 0 Å². The smallest absolute Gasteiger partial charge is 0.0657 e. The molecule has 0 spiro atoms. The highest BCUT2D eigenvalue weighted by Gasteiger charge is 2.59. The fourth-order valence-corrected chi connectivity index (χ4v) is 9.75. The highest BCUT2D eigenvalue weighted by Crippen LogP contribution is 2.67. The molecule has 3 heteroatoms. The van der Waals surface area contributed by atoms with Crippen LogP contribution in [0.3, 0.4) is 0 Å². The van der Waals surface area contributed by atoms with E-state index in [1.165, 1.54) is 44.9 Å². The Hall–Kier alpha value is -0.380. The Bertz CT molecular complexity index is 737. The van der Waals surface area contributed by atoms with E-state index < -0.39 is 5.60 Å². The Kier molecular flexibility index (Phi) is 6.58. The summed E-state index contributed by atoms with van der Waals surface area (Å²) in [5.74, 6) is 4.49. The average Bonchev–Trinajstić information content (AvgIpc) is 3.15. The van der Waals surface area contributed by atoms with Gasteiger partial charge in [-0.2, -0.15) is 0 Å². The second kappa shape index (κ2) is 8.93. The topological polar surface area (TPSA) is 49.7 Å². The van der Waals surface area contributed by atoms with Crippen LogP contribution in [0.4, 0.5) is 0 Å². The van der Waals surface area contributed by atoms with Gasteiger partial charge in [-0.1, -0.05) is 32.4 Å². The van der Waals surface area contributed by atoms with Gasteiger partial charge in [0.2, 0.25) is 0 Å². The predicted octanol–water partition coefficient (Wildman–Crippen LogP) is 6.52. The number of allylic oxidation sites excluding steroid dienone is 1. The molecule has 0 unspecified atom stereocenters. The number of hydrogen-bond donors (Lipinski definition) is 2. The number of rotatable bonds is 5. The summed E-state index contributed by atoms with van der Waals surface area (Å²) < 4.78 is 5.50. The third kappa shape index (κ3) is 4.27. The number of aliphatic hydroxyl groups excluding tert-OH is 1. The van der Waals surface area contributed by atoms with Crippen LogP contribution in [0.25, 0.3) is 0 Å². The first-order valence-electron chi connectivity index (χ1n) is 14.3. The summed E-state index contributed by atoms with van der Waals surface area (Å²) in [6, 6.07) is 0. The molecule has 4 fully saturated rings. The highest BCUT2D eigenvalue weighted by atomic mass is 16.5. The first-order valence-corrected chi connectivity index (χ1v) is 14.3. The van der Waals surface area contributed by atoms with Gasteiger partial charge < -0.3 is 14.9 Å². The van der Waals surface area contributed by atoms with Crippen LogP contribution in [-0.2, 0) is 4.74 Å². The summed E-state index contributed by atoms with van der Waals surface area (Å²) >= 11 is 0. The van der Waals surface area contributed by atoms with Crippen molar-refractivity contribution in [2.24, 2.45) is 46.3 Å². The van der Waals surface area contributed by atoms with E-state index in [4.69, 9.17) is 4.74 Å². The fraction of sp³-hybridized carbons (Fsp3) is 0.933. The molecule has 5 rings (SSSR count). The van der Waals surface area contributed by atoms with E-state index in [-0.39, 0.29) is 6.10 Å². The molecule has 1 saturated heterocycles. The van der Waals surface area contributed by atoms with Crippen molar-refractivity contribution in [3.05, 3.63) is 11.6 Å². The Morgan fingerprint density at radius 2 is 1.73 bits per heavy atom. The molecule has 1 aliphatic heterocycles. The van der Waals surface area contributed by atoms with Gasteiger partial charge in [0.1, 0.15) is 0 Å².